The van der Waals surface area contributed by atoms with Crippen LogP contribution >= 0.6 is 37.0 Å². The van der Waals surface area contributed by atoms with E-state index in [1.807, 2.05) is 6.07 Å². The highest BCUT2D eigenvalue weighted by Gasteiger charge is 1.96. The Bertz CT molecular complexity index is 298. The topological polar surface area (TPSA) is 65.0 Å². The SMILES string of the molecule is Cl.Cl.NC(=S)NCc1ccc[n+]([O-])c1. The molecule has 0 saturated carbocycles. The van der Waals surface area contributed by atoms with E-state index >= 15 is 0 Å². The van der Waals surface area contributed by atoms with Crippen LogP contribution in [0.2, 0.25) is 0 Å². The lowest BCUT2D eigenvalue weighted by Crippen LogP contribution is -2.30. The summed E-state index contributed by atoms with van der Waals surface area (Å²) >= 11 is 4.61. The molecule has 0 aliphatic heterocycles. The van der Waals surface area contributed by atoms with Crippen LogP contribution in [-0.4, -0.2) is 5.11 Å². The van der Waals surface area contributed by atoms with Crippen LogP contribution in [0.15, 0.2) is 24.5 Å². The van der Waals surface area contributed by atoms with Crippen LogP contribution in [-0.2, 0) is 6.54 Å². The van der Waals surface area contributed by atoms with Crippen LogP contribution < -0.4 is 15.8 Å². The highest BCUT2D eigenvalue weighted by atomic mass is 35.5. The number of rotatable bonds is 2. The minimum atomic E-state index is 0. The predicted octanol–water partition coefficient (Wildman–Crippen LogP) is 0.497. The molecule has 80 valence electrons. The molecule has 4 nitrogen and oxygen atoms in total. The van der Waals surface area contributed by atoms with E-state index < -0.39 is 0 Å². The van der Waals surface area contributed by atoms with Crippen molar-refractivity contribution in [2.45, 2.75) is 6.54 Å². The average Bonchev–Trinajstić information content (AvgIpc) is 2.01. The molecule has 3 N–H and O–H groups in total. The van der Waals surface area contributed by atoms with Crippen LogP contribution in [0.4, 0.5) is 0 Å². The Morgan fingerprint density at radius 2 is 2.21 bits per heavy atom. The standard InChI is InChI=1S/C7H9N3OS.2ClH/c8-7(12)9-4-6-2-1-3-10(11)5-6;;/h1-3,5H,4H2,(H3,8,9,12);2*1H. The van der Waals surface area contributed by atoms with E-state index in [1.54, 1.807) is 6.07 Å². The number of halogens is 2. The van der Waals surface area contributed by atoms with Gasteiger partial charge in [-0.05, 0) is 18.3 Å². The molecule has 0 fully saturated rings. The molecule has 0 spiro atoms. The molecule has 0 unspecified atom stereocenters. The summed E-state index contributed by atoms with van der Waals surface area (Å²) in [5.41, 5.74) is 6.06. The highest BCUT2D eigenvalue weighted by molar-refractivity contribution is 7.80. The molecule has 1 aromatic rings. The first-order valence-corrected chi connectivity index (χ1v) is 3.80. The third-order valence-electron chi connectivity index (χ3n) is 1.30. The molecular formula is C7H11Cl2N3OS. The van der Waals surface area contributed by atoms with E-state index in [4.69, 9.17) is 5.73 Å². The first-order chi connectivity index (χ1) is 5.68. The van der Waals surface area contributed by atoms with Crippen LogP contribution in [0.25, 0.3) is 0 Å². The van der Waals surface area contributed by atoms with Crippen molar-refractivity contribution >= 4 is 42.1 Å². The monoisotopic (exact) mass is 255 g/mol. The Morgan fingerprint density at radius 3 is 2.71 bits per heavy atom. The predicted molar refractivity (Wildman–Crippen MR) is 63.5 cm³/mol. The minimum absolute atomic E-state index is 0. The zero-order valence-electron chi connectivity index (χ0n) is 7.17. The van der Waals surface area contributed by atoms with E-state index in [2.05, 4.69) is 17.5 Å². The van der Waals surface area contributed by atoms with Crippen LogP contribution in [0, 0.1) is 5.21 Å². The molecule has 0 saturated heterocycles. The van der Waals surface area contributed by atoms with Gasteiger partial charge in [0.1, 0.15) is 0 Å². The normalized spacial score (nSPS) is 8.00. The quantitative estimate of drug-likeness (QED) is 0.459. The number of aromatic nitrogens is 1. The molecule has 0 bridgehead atoms. The zero-order valence-corrected chi connectivity index (χ0v) is 9.62. The fourth-order valence-corrected chi connectivity index (χ4v) is 0.867. The molecule has 1 rings (SSSR count). The summed E-state index contributed by atoms with van der Waals surface area (Å²) in [6.07, 6.45) is 2.88. The van der Waals surface area contributed by atoms with Gasteiger partial charge in [-0.1, -0.05) is 0 Å². The number of hydrogen-bond donors (Lipinski definition) is 2. The van der Waals surface area contributed by atoms with Crippen molar-refractivity contribution < 1.29 is 4.73 Å². The summed E-state index contributed by atoms with van der Waals surface area (Å²) in [6, 6.07) is 3.49. The Hall–Kier alpha value is -0.780. The molecule has 14 heavy (non-hydrogen) atoms. The van der Waals surface area contributed by atoms with E-state index in [-0.39, 0.29) is 29.9 Å². The minimum Gasteiger partial charge on any atom is -0.619 e. The Kier molecular flexibility index (Phi) is 8.52. The van der Waals surface area contributed by atoms with Gasteiger partial charge in [0, 0.05) is 18.2 Å². The number of nitrogens with two attached hydrogens (primary N) is 1. The molecule has 0 radical (unpaired) electrons. The smallest absolute Gasteiger partial charge is 0.185 e. The summed E-state index contributed by atoms with van der Waals surface area (Å²) in [7, 11) is 0. The van der Waals surface area contributed by atoms with Crippen molar-refractivity contribution in [3.8, 4) is 0 Å². The highest BCUT2D eigenvalue weighted by Crippen LogP contribution is 1.92. The summed E-state index contributed by atoms with van der Waals surface area (Å²) in [5.74, 6) is 0. The lowest BCUT2D eigenvalue weighted by Gasteiger charge is -2.02. The van der Waals surface area contributed by atoms with Crippen molar-refractivity contribution in [3.05, 3.63) is 35.3 Å². The second-order valence-corrected chi connectivity index (χ2v) is 2.73. The fourth-order valence-electron chi connectivity index (χ4n) is 0.795. The Balaban J connectivity index is 0. The lowest BCUT2D eigenvalue weighted by atomic mass is 10.3. The molecule has 0 amide bonds. The fraction of sp³-hybridized carbons (Fsp3) is 0.143. The number of nitrogens with zero attached hydrogens (tertiary/aromatic N) is 1. The second kappa shape index (κ2) is 7.61. The molecule has 0 aromatic carbocycles. The van der Waals surface area contributed by atoms with Gasteiger partial charge in [-0.3, -0.25) is 0 Å². The van der Waals surface area contributed by atoms with Crippen molar-refractivity contribution in [3.63, 3.8) is 0 Å². The Morgan fingerprint density at radius 1 is 1.57 bits per heavy atom. The largest absolute Gasteiger partial charge is 0.619 e. The Labute approximate surface area is 99.9 Å². The third kappa shape index (κ3) is 5.80. The van der Waals surface area contributed by atoms with Gasteiger partial charge >= 0.3 is 0 Å². The summed E-state index contributed by atoms with van der Waals surface area (Å²) in [6.45, 7) is 0.485. The maximum Gasteiger partial charge on any atom is 0.185 e. The first kappa shape index (κ1) is 15.7. The summed E-state index contributed by atoms with van der Waals surface area (Å²) in [5, 5.41) is 13.7. The molecule has 0 atom stereocenters. The molecule has 1 heterocycles. The molecule has 0 aliphatic carbocycles. The average molecular weight is 256 g/mol. The number of hydrogen-bond acceptors (Lipinski definition) is 2. The maximum absolute atomic E-state index is 10.8. The maximum atomic E-state index is 10.8. The van der Waals surface area contributed by atoms with E-state index in [1.165, 1.54) is 12.4 Å². The van der Waals surface area contributed by atoms with Gasteiger partial charge in [-0.2, -0.15) is 4.73 Å². The van der Waals surface area contributed by atoms with Gasteiger partial charge in [-0.15, -0.1) is 24.8 Å². The number of pyridine rings is 1. The van der Waals surface area contributed by atoms with Crippen molar-refractivity contribution in [2.24, 2.45) is 5.73 Å². The molecular weight excluding hydrogens is 245 g/mol. The van der Waals surface area contributed by atoms with Crippen LogP contribution in [0.3, 0.4) is 0 Å². The number of thiocarbonyl (C=S) groups is 1. The van der Waals surface area contributed by atoms with E-state index in [9.17, 15) is 5.21 Å². The van der Waals surface area contributed by atoms with Crippen LogP contribution in [0.1, 0.15) is 5.56 Å². The second-order valence-electron chi connectivity index (χ2n) is 2.29. The van der Waals surface area contributed by atoms with Gasteiger partial charge in [0.15, 0.2) is 17.5 Å². The van der Waals surface area contributed by atoms with Gasteiger partial charge in [-0.25, -0.2) is 0 Å². The summed E-state index contributed by atoms with van der Waals surface area (Å²) < 4.78 is 0.733. The molecule has 1 aromatic heterocycles. The molecule has 0 aliphatic rings. The first-order valence-electron chi connectivity index (χ1n) is 3.39. The van der Waals surface area contributed by atoms with Crippen molar-refractivity contribution in [1.29, 1.82) is 0 Å². The summed E-state index contributed by atoms with van der Waals surface area (Å²) in [4.78, 5) is 0. The molecule has 7 heteroatoms. The van der Waals surface area contributed by atoms with Crippen molar-refractivity contribution in [1.82, 2.24) is 5.32 Å². The van der Waals surface area contributed by atoms with E-state index in [0.717, 1.165) is 10.3 Å². The van der Waals surface area contributed by atoms with E-state index in [0.29, 0.717) is 6.54 Å². The van der Waals surface area contributed by atoms with Gasteiger partial charge in [0.25, 0.3) is 0 Å². The van der Waals surface area contributed by atoms with Gasteiger partial charge in [0.05, 0.1) is 0 Å². The van der Waals surface area contributed by atoms with Crippen molar-refractivity contribution in [2.75, 3.05) is 0 Å². The van der Waals surface area contributed by atoms with Crippen LogP contribution in [0.5, 0.6) is 0 Å². The van der Waals surface area contributed by atoms with Gasteiger partial charge < -0.3 is 16.3 Å². The van der Waals surface area contributed by atoms with Gasteiger partial charge in [0.2, 0.25) is 0 Å². The number of nitrogens with one attached hydrogen (secondary N) is 1. The zero-order chi connectivity index (χ0) is 8.97. The lowest BCUT2D eigenvalue weighted by molar-refractivity contribution is -0.605. The third-order valence-corrected chi connectivity index (χ3v) is 1.45.